The number of nitrogens with one attached hydrogen (secondary N) is 1. The van der Waals surface area contributed by atoms with E-state index in [1.165, 1.54) is 45.0 Å². The van der Waals surface area contributed by atoms with Gasteiger partial charge in [0, 0.05) is 39.3 Å². The minimum Gasteiger partial charge on any atom is -0.493 e. The van der Waals surface area contributed by atoms with Gasteiger partial charge < -0.3 is 33.4 Å². The zero-order valence-corrected chi connectivity index (χ0v) is 53.8. The highest BCUT2D eigenvalue weighted by atomic mass is 32.1. The highest BCUT2D eigenvalue weighted by Gasteiger charge is 2.36. The second-order valence-electron chi connectivity index (χ2n) is 26.3. The number of aromatic nitrogens is 1. The van der Waals surface area contributed by atoms with Crippen molar-refractivity contribution in [2.75, 3.05) is 26.4 Å². The summed E-state index contributed by atoms with van der Waals surface area (Å²) in [6.07, 6.45) is 14.2. The van der Waals surface area contributed by atoms with Gasteiger partial charge in [-0.05, 0) is 189 Å². The number of rotatable bonds is 6. The maximum atomic E-state index is 6.00. The van der Waals surface area contributed by atoms with Crippen molar-refractivity contribution in [1.82, 2.24) is 4.98 Å². The number of thiophene rings is 2. The number of aromatic amines is 1. The number of benzene rings is 3. The Hall–Kier alpha value is -5.30. The third-order valence-electron chi connectivity index (χ3n) is 17.1. The van der Waals surface area contributed by atoms with Gasteiger partial charge in [0.15, 0.2) is 0 Å². The molecule has 9 heterocycles. The third-order valence-corrected chi connectivity index (χ3v) is 19.1. The summed E-state index contributed by atoms with van der Waals surface area (Å²) >= 11 is 3.67. The summed E-state index contributed by atoms with van der Waals surface area (Å²) in [5, 5.41) is 4.26. The van der Waals surface area contributed by atoms with Crippen molar-refractivity contribution in [2.45, 2.75) is 196 Å². The van der Waals surface area contributed by atoms with Crippen molar-refractivity contribution in [3.8, 4) is 46.8 Å². The molecule has 0 fully saturated rings. The highest BCUT2D eigenvalue weighted by Crippen LogP contribution is 2.47. The van der Waals surface area contributed by atoms with Crippen LogP contribution in [0.3, 0.4) is 0 Å². The fourth-order valence-corrected chi connectivity index (χ4v) is 14.8. The molecule has 0 amide bonds. The van der Waals surface area contributed by atoms with E-state index in [1.54, 1.807) is 0 Å². The molecule has 0 bridgehead atoms. The normalized spacial score (nSPS) is 22.0. The van der Waals surface area contributed by atoms with E-state index in [1.807, 2.05) is 47.1 Å². The molecule has 0 saturated heterocycles. The van der Waals surface area contributed by atoms with Crippen molar-refractivity contribution in [3.63, 3.8) is 0 Å². The van der Waals surface area contributed by atoms with Gasteiger partial charge in [-0.3, -0.25) is 0 Å². The Morgan fingerprint density at radius 1 is 0.444 bits per heavy atom. The molecule has 3 aromatic heterocycles. The van der Waals surface area contributed by atoms with E-state index in [-0.39, 0.29) is 11.2 Å². The van der Waals surface area contributed by atoms with Gasteiger partial charge in [0.25, 0.3) is 0 Å². The van der Waals surface area contributed by atoms with E-state index in [2.05, 4.69) is 199 Å². The topological polar surface area (TPSA) is 71.2 Å². The molecule has 440 valence electrons. The van der Waals surface area contributed by atoms with Crippen LogP contribution in [0.15, 0.2) is 102 Å². The Bertz CT molecular complexity index is 2700. The molecule has 6 atom stereocenters. The number of ether oxygens (including phenoxy) is 6. The Labute approximate surface area is 497 Å². The van der Waals surface area contributed by atoms with Gasteiger partial charge in [0.2, 0.25) is 0 Å². The molecule has 0 unspecified atom stereocenters. The number of hydrogen-bond acceptors (Lipinski definition) is 8. The summed E-state index contributed by atoms with van der Waals surface area (Å²) in [7, 11) is 0. The van der Waals surface area contributed by atoms with Gasteiger partial charge in [0.05, 0.1) is 32.1 Å². The molecule has 0 radical (unpaired) electrons. The molecule has 7 nitrogen and oxygen atoms in total. The standard InChI is InChI=1S/2C14H20O.C14H16O.C10H15NO.2C10H14OS/c2*1-10(2)12-9-14(3,4)15-13-8-6-5-7-11(12)13;1-4-11-5-6-13-12(10(2)3)7-8-15-14(13)9-11;1-7(2)8-4-6-12-9-3-5-11-10(8)9;2*1-7(2)8-3-5-11-9-4-6-12-10(8)9/h2*5-8,10,12H,9H2,1-4H3;1,5-6,9-10,12H,7-8H2,2-3H3;3,5,7-8,11H,4,6H2,1-2H3;2*4,6-8H,3,5H2,1-2H3/t3*12-;3*8-/m101010/s1. The van der Waals surface area contributed by atoms with E-state index in [0.717, 1.165) is 116 Å². The van der Waals surface area contributed by atoms with Gasteiger partial charge in [-0.2, -0.15) is 0 Å². The van der Waals surface area contributed by atoms with E-state index in [0.29, 0.717) is 47.3 Å². The maximum absolute atomic E-state index is 6.00. The summed E-state index contributed by atoms with van der Waals surface area (Å²) in [5.74, 6) is 17.3. The Morgan fingerprint density at radius 2 is 0.840 bits per heavy atom. The highest BCUT2D eigenvalue weighted by molar-refractivity contribution is 7.10. The molecular weight excluding hydrogens is 1040 g/mol. The number of hydrogen-bond donors (Lipinski definition) is 1. The first-order valence-corrected chi connectivity index (χ1v) is 32.3. The van der Waals surface area contributed by atoms with Crippen LogP contribution < -0.4 is 28.4 Å². The molecule has 0 aliphatic carbocycles. The van der Waals surface area contributed by atoms with Gasteiger partial charge in [0.1, 0.15) is 45.7 Å². The fraction of sp³-hybridized carbons (Fsp3) is 0.556. The molecule has 6 aliphatic heterocycles. The number of fused-ring (bicyclic) bond motifs is 6. The summed E-state index contributed by atoms with van der Waals surface area (Å²) in [4.78, 5) is 6.17. The van der Waals surface area contributed by atoms with Gasteiger partial charge in [-0.25, -0.2) is 0 Å². The van der Waals surface area contributed by atoms with Crippen LogP contribution in [0.5, 0.6) is 34.5 Å². The lowest BCUT2D eigenvalue weighted by atomic mass is 9.78. The van der Waals surface area contributed by atoms with E-state index >= 15 is 0 Å². The second-order valence-corrected chi connectivity index (χ2v) is 28.2. The lowest BCUT2D eigenvalue weighted by Gasteiger charge is -2.39. The maximum Gasteiger partial charge on any atom is 0.140 e. The largest absolute Gasteiger partial charge is 0.493 e. The summed E-state index contributed by atoms with van der Waals surface area (Å²) < 4.78 is 34.3. The Morgan fingerprint density at radius 3 is 1.28 bits per heavy atom. The zero-order valence-electron chi connectivity index (χ0n) is 52.2. The molecule has 0 spiro atoms. The van der Waals surface area contributed by atoms with Crippen LogP contribution in [0, 0.1) is 47.9 Å². The van der Waals surface area contributed by atoms with Gasteiger partial charge >= 0.3 is 0 Å². The van der Waals surface area contributed by atoms with E-state index in [4.69, 9.17) is 34.8 Å². The first-order chi connectivity index (χ1) is 38.6. The lowest BCUT2D eigenvalue weighted by molar-refractivity contribution is 0.0637. The molecule has 6 aliphatic rings. The number of terminal acetylenes is 1. The third kappa shape index (κ3) is 16.7. The van der Waals surface area contributed by atoms with Crippen molar-refractivity contribution in [2.24, 2.45) is 35.5 Å². The summed E-state index contributed by atoms with van der Waals surface area (Å²) in [6, 6.07) is 29.2. The van der Waals surface area contributed by atoms with E-state index < -0.39 is 0 Å². The number of para-hydroxylation sites is 2. The molecule has 12 rings (SSSR count). The molecule has 0 saturated carbocycles. The van der Waals surface area contributed by atoms with Crippen LogP contribution in [0.4, 0.5) is 0 Å². The Kier molecular flexibility index (Phi) is 22.5. The average molecular weight is 1140 g/mol. The lowest BCUT2D eigenvalue weighted by Crippen LogP contribution is -2.36. The van der Waals surface area contributed by atoms with Crippen LogP contribution in [-0.2, 0) is 0 Å². The quantitative estimate of drug-likeness (QED) is 0.168. The fourth-order valence-electron chi connectivity index (χ4n) is 12.5. The van der Waals surface area contributed by atoms with Crippen molar-refractivity contribution in [1.29, 1.82) is 0 Å². The van der Waals surface area contributed by atoms with Crippen LogP contribution in [0.1, 0.15) is 223 Å². The molecule has 1 N–H and O–H groups in total. The van der Waals surface area contributed by atoms with Gasteiger partial charge in [-0.15, -0.1) is 29.1 Å². The SMILES string of the molecule is C#Cc1ccc2c(c1)OCC[C@@H]2C(C)C.CC(C)[C@@H]1CC(C)(C)Oc2ccccc21.CC(C)[C@@H]1CCOc2cc[nH]c21.CC(C)[C@@H]1CCOc2ccsc21.CC(C)[C@H]1CC(C)(C)Oc2ccccc21.CC(C)[C@H]1CCOc2ccsc21. The predicted molar refractivity (Wildman–Crippen MR) is 341 cm³/mol. The summed E-state index contributed by atoms with van der Waals surface area (Å²) in [5.41, 5.74) is 6.22. The first-order valence-electron chi connectivity index (χ1n) is 30.6. The predicted octanol–water partition coefficient (Wildman–Crippen LogP) is 20.2. The minimum absolute atomic E-state index is 0.0245. The van der Waals surface area contributed by atoms with Crippen LogP contribution in [-0.4, -0.2) is 42.6 Å². The van der Waals surface area contributed by atoms with Crippen LogP contribution in [0.2, 0.25) is 0 Å². The van der Waals surface area contributed by atoms with Gasteiger partial charge in [-0.1, -0.05) is 131 Å². The van der Waals surface area contributed by atoms with Crippen molar-refractivity contribution >= 4 is 22.7 Å². The van der Waals surface area contributed by atoms with Crippen LogP contribution >= 0.6 is 22.7 Å². The zero-order chi connectivity index (χ0) is 58.6. The molecule has 81 heavy (non-hydrogen) atoms. The molecule has 6 aromatic rings. The number of H-pyrrole nitrogens is 1. The van der Waals surface area contributed by atoms with E-state index in [9.17, 15) is 0 Å². The smallest absolute Gasteiger partial charge is 0.140 e. The molecule has 9 heteroatoms. The van der Waals surface area contributed by atoms with Crippen molar-refractivity contribution in [3.05, 3.63) is 140 Å². The minimum atomic E-state index is -0.0245. The first kappa shape index (κ1) is 63.3. The van der Waals surface area contributed by atoms with Crippen molar-refractivity contribution < 1.29 is 28.4 Å². The Balaban J connectivity index is 0.000000141. The summed E-state index contributed by atoms with van der Waals surface area (Å²) in [6.45, 7) is 39.6. The average Bonchev–Trinajstić information content (AvgIpc) is 4.25. The second kappa shape index (κ2) is 28.8. The monoisotopic (exact) mass is 1140 g/mol. The molecular formula is C72H99NO6S2. The van der Waals surface area contributed by atoms with Crippen LogP contribution in [0.25, 0.3) is 0 Å². The molecule has 3 aromatic carbocycles.